The van der Waals surface area contributed by atoms with Crippen LogP contribution in [0.5, 0.6) is 0 Å². The van der Waals surface area contributed by atoms with E-state index in [0.29, 0.717) is 19.1 Å². The van der Waals surface area contributed by atoms with Crippen LogP contribution < -0.4 is 16.0 Å². The van der Waals surface area contributed by atoms with Gasteiger partial charge in [-0.25, -0.2) is 4.99 Å². The summed E-state index contributed by atoms with van der Waals surface area (Å²) in [6, 6.07) is 6.43. The summed E-state index contributed by atoms with van der Waals surface area (Å²) in [6.45, 7) is 6.73. The van der Waals surface area contributed by atoms with Crippen LogP contribution in [0.15, 0.2) is 29.4 Å². The van der Waals surface area contributed by atoms with Crippen LogP contribution >= 0.6 is 0 Å². The Labute approximate surface area is 161 Å². The van der Waals surface area contributed by atoms with Gasteiger partial charge in [0.05, 0.1) is 6.61 Å². The summed E-state index contributed by atoms with van der Waals surface area (Å²) in [5.41, 5.74) is 3.84. The van der Waals surface area contributed by atoms with E-state index in [1.165, 1.54) is 22.0 Å². The molecule has 0 saturated carbocycles. The number of hydrogen-bond donors (Lipinski definition) is 4. The molecule has 1 amide bonds. The van der Waals surface area contributed by atoms with Crippen molar-refractivity contribution < 1.29 is 9.53 Å². The Bertz CT molecular complexity index is 754. The lowest BCUT2D eigenvalue weighted by molar-refractivity contribution is -0.119. The number of rotatable bonds is 10. The summed E-state index contributed by atoms with van der Waals surface area (Å²) < 4.78 is 4.91. The third kappa shape index (κ3) is 6.29. The molecule has 27 heavy (non-hydrogen) atoms. The number of aliphatic imine (C=N–C) groups is 1. The van der Waals surface area contributed by atoms with Gasteiger partial charge in [-0.15, -0.1) is 0 Å². The second-order valence-electron chi connectivity index (χ2n) is 6.22. The number of methoxy groups -OCH3 is 1. The molecule has 0 aliphatic carbocycles. The van der Waals surface area contributed by atoms with Gasteiger partial charge in [0, 0.05) is 43.8 Å². The molecule has 4 N–H and O–H groups in total. The molecule has 0 unspecified atom stereocenters. The molecule has 0 fully saturated rings. The van der Waals surface area contributed by atoms with E-state index < -0.39 is 0 Å². The zero-order valence-corrected chi connectivity index (χ0v) is 16.5. The van der Waals surface area contributed by atoms with Gasteiger partial charge in [0.1, 0.15) is 6.54 Å². The van der Waals surface area contributed by atoms with E-state index in [2.05, 4.69) is 57.2 Å². The zero-order valence-electron chi connectivity index (χ0n) is 16.5. The van der Waals surface area contributed by atoms with E-state index in [1.807, 2.05) is 6.92 Å². The number of benzene rings is 1. The van der Waals surface area contributed by atoms with Crippen molar-refractivity contribution in [2.24, 2.45) is 4.99 Å². The molecule has 2 aromatic rings. The van der Waals surface area contributed by atoms with E-state index in [-0.39, 0.29) is 12.5 Å². The number of aromatic nitrogens is 1. The maximum absolute atomic E-state index is 11.8. The first-order valence-corrected chi connectivity index (χ1v) is 9.55. The number of carbonyl (C=O) groups is 1. The molecule has 0 saturated heterocycles. The minimum atomic E-state index is -0.118. The fourth-order valence-corrected chi connectivity index (χ4v) is 2.93. The lowest BCUT2D eigenvalue weighted by Crippen LogP contribution is -2.39. The van der Waals surface area contributed by atoms with E-state index in [9.17, 15) is 4.79 Å². The second kappa shape index (κ2) is 11.2. The highest BCUT2D eigenvalue weighted by atomic mass is 16.5. The summed E-state index contributed by atoms with van der Waals surface area (Å²) in [7, 11) is 1.61. The molecular weight excluding hydrogens is 342 g/mol. The minimum Gasteiger partial charge on any atom is -0.383 e. The Morgan fingerprint density at radius 2 is 2.00 bits per heavy atom. The largest absolute Gasteiger partial charge is 0.383 e. The normalized spacial score (nSPS) is 11.6. The second-order valence-corrected chi connectivity index (χ2v) is 6.22. The summed E-state index contributed by atoms with van der Waals surface area (Å²) in [6.07, 6.45) is 3.97. The molecule has 0 aliphatic heterocycles. The number of H-pyrrole nitrogens is 1. The SMILES string of the molecule is CCNC(=NCC(=O)NCCOC)NCCc1c[nH]c2c(CC)cccc12. The molecule has 0 bridgehead atoms. The number of carbonyl (C=O) groups excluding carboxylic acids is 1. The van der Waals surface area contributed by atoms with Crippen LogP contribution in [0, 0.1) is 0 Å². The minimum absolute atomic E-state index is 0.0893. The Morgan fingerprint density at radius 3 is 2.74 bits per heavy atom. The Balaban J connectivity index is 1.89. The van der Waals surface area contributed by atoms with Gasteiger partial charge >= 0.3 is 0 Å². The summed E-state index contributed by atoms with van der Waals surface area (Å²) in [5.74, 6) is 0.529. The number of nitrogens with one attached hydrogen (secondary N) is 4. The standard InChI is InChI=1S/C20H31N5O2/c1-4-15-7-6-8-17-16(13-24-19(15)17)9-10-23-20(21-5-2)25-14-18(26)22-11-12-27-3/h6-8,13,24H,4-5,9-12,14H2,1-3H3,(H,22,26)(H2,21,23,25). The van der Waals surface area contributed by atoms with Crippen LogP contribution in [0.1, 0.15) is 25.0 Å². The van der Waals surface area contributed by atoms with E-state index in [1.54, 1.807) is 7.11 Å². The van der Waals surface area contributed by atoms with Gasteiger partial charge in [0.15, 0.2) is 5.96 Å². The van der Waals surface area contributed by atoms with Gasteiger partial charge in [-0.2, -0.15) is 0 Å². The highest BCUT2D eigenvalue weighted by molar-refractivity contribution is 5.86. The van der Waals surface area contributed by atoms with Crippen LogP contribution in [-0.4, -0.2) is 56.7 Å². The van der Waals surface area contributed by atoms with E-state index >= 15 is 0 Å². The molecule has 0 atom stereocenters. The lowest BCUT2D eigenvalue weighted by atomic mass is 10.1. The summed E-state index contributed by atoms with van der Waals surface area (Å²) >= 11 is 0. The average molecular weight is 374 g/mol. The van der Waals surface area contributed by atoms with Crippen LogP contribution in [0.2, 0.25) is 0 Å². The molecule has 1 aromatic heterocycles. The highest BCUT2D eigenvalue weighted by Crippen LogP contribution is 2.22. The number of amides is 1. The van der Waals surface area contributed by atoms with Gasteiger partial charge in [0.2, 0.25) is 5.91 Å². The number of guanidine groups is 1. The third-order valence-electron chi connectivity index (χ3n) is 4.31. The number of hydrogen-bond acceptors (Lipinski definition) is 3. The Kier molecular flexibility index (Phi) is 8.64. The molecule has 0 aliphatic rings. The monoisotopic (exact) mass is 373 g/mol. The van der Waals surface area contributed by atoms with Crippen molar-refractivity contribution in [3.8, 4) is 0 Å². The Morgan fingerprint density at radius 1 is 1.15 bits per heavy atom. The van der Waals surface area contributed by atoms with Crippen molar-refractivity contribution in [1.29, 1.82) is 0 Å². The fraction of sp³-hybridized carbons (Fsp3) is 0.500. The summed E-state index contributed by atoms with van der Waals surface area (Å²) in [4.78, 5) is 19.5. The van der Waals surface area contributed by atoms with Gasteiger partial charge in [0.25, 0.3) is 0 Å². The van der Waals surface area contributed by atoms with Crippen LogP contribution in [0.25, 0.3) is 10.9 Å². The first-order valence-electron chi connectivity index (χ1n) is 9.55. The van der Waals surface area contributed by atoms with E-state index in [0.717, 1.165) is 25.9 Å². The molecule has 148 valence electrons. The first kappa shape index (κ1) is 20.8. The lowest BCUT2D eigenvalue weighted by Gasteiger charge is -2.11. The number of aromatic amines is 1. The topological polar surface area (TPSA) is 90.5 Å². The summed E-state index contributed by atoms with van der Waals surface area (Å²) in [5, 5.41) is 10.5. The fourth-order valence-electron chi connectivity index (χ4n) is 2.93. The molecule has 7 heteroatoms. The van der Waals surface area contributed by atoms with Crippen molar-refractivity contribution in [2.75, 3.05) is 39.9 Å². The van der Waals surface area contributed by atoms with E-state index in [4.69, 9.17) is 4.74 Å². The van der Waals surface area contributed by atoms with Crippen molar-refractivity contribution in [3.05, 3.63) is 35.5 Å². The zero-order chi connectivity index (χ0) is 19.5. The van der Waals surface area contributed by atoms with Gasteiger partial charge < -0.3 is 25.7 Å². The number of ether oxygens (including phenoxy) is 1. The first-order chi connectivity index (χ1) is 13.2. The molecule has 1 aromatic carbocycles. The predicted molar refractivity (Wildman–Crippen MR) is 110 cm³/mol. The van der Waals surface area contributed by atoms with Crippen molar-refractivity contribution in [2.45, 2.75) is 26.7 Å². The van der Waals surface area contributed by atoms with Gasteiger partial charge in [-0.1, -0.05) is 25.1 Å². The van der Waals surface area contributed by atoms with Crippen molar-refractivity contribution >= 4 is 22.8 Å². The number of fused-ring (bicyclic) bond motifs is 1. The average Bonchev–Trinajstić information content (AvgIpc) is 3.09. The van der Waals surface area contributed by atoms with Gasteiger partial charge in [-0.05, 0) is 30.9 Å². The Hall–Kier alpha value is -2.54. The molecule has 0 spiro atoms. The molecule has 0 radical (unpaired) electrons. The number of aryl methyl sites for hydroxylation is 1. The number of para-hydroxylation sites is 1. The molecular formula is C20H31N5O2. The van der Waals surface area contributed by atoms with Crippen LogP contribution in [-0.2, 0) is 22.4 Å². The number of nitrogens with zero attached hydrogens (tertiary/aromatic N) is 1. The molecule has 7 nitrogen and oxygen atoms in total. The smallest absolute Gasteiger partial charge is 0.241 e. The van der Waals surface area contributed by atoms with Crippen molar-refractivity contribution in [3.63, 3.8) is 0 Å². The molecule has 1 heterocycles. The quantitative estimate of drug-likeness (QED) is 0.289. The maximum Gasteiger partial charge on any atom is 0.241 e. The maximum atomic E-state index is 11.8. The van der Waals surface area contributed by atoms with Crippen LogP contribution in [0.3, 0.4) is 0 Å². The highest BCUT2D eigenvalue weighted by Gasteiger charge is 2.07. The van der Waals surface area contributed by atoms with Gasteiger partial charge in [-0.3, -0.25) is 4.79 Å². The molecule has 2 rings (SSSR count). The predicted octanol–water partition coefficient (Wildman–Crippen LogP) is 1.59. The van der Waals surface area contributed by atoms with Crippen LogP contribution in [0.4, 0.5) is 0 Å². The third-order valence-corrected chi connectivity index (χ3v) is 4.31. The van der Waals surface area contributed by atoms with Crippen molar-refractivity contribution in [1.82, 2.24) is 20.9 Å².